The summed E-state index contributed by atoms with van der Waals surface area (Å²) in [6.45, 7) is 1.85. The Balaban J connectivity index is 1.96. The lowest BCUT2D eigenvalue weighted by molar-refractivity contribution is 0.0857. The lowest BCUT2D eigenvalue weighted by atomic mass is 10.1. The second-order valence-electron chi connectivity index (χ2n) is 3.78. The van der Waals surface area contributed by atoms with E-state index < -0.39 is 0 Å². The Bertz CT molecular complexity index is 377. The molecule has 15 heavy (non-hydrogen) atoms. The topological polar surface area (TPSA) is 45.2 Å². The van der Waals surface area contributed by atoms with Crippen LogP contribution >= 0.6 is 15.9 Å². The summed E-state index contributed by atoms with van der Waals surface area (Å²) < 4.78 is 0.820. The van der Waals surface area contributed by atoms with Crippen LogP contribution in [0.3, 0.4) is 0 Å². The molecule has 1 fully saturated rings. The Morgan fingerprint density at radius 3 is 2.93 bits per heavy atom. The molecule has 1 N–H and O–H groups in total. The second-order valence-corrected chi connectivity index (χ2v) is 4.70. The number of likely N-dealkylation sites (N-methyl/N-ethyl adjacent to an activating group) is 1. The highest BCUT2D eigenvalue weighted by Gasteiger charge is 2.24. The number of halogens is 1. The van der Waals surface area contributed by atoms with Crippen LogP contribution in [0.1, 0.15) is 10.4 Å². The molecule has 0 aliphatic carbocycles. The van der Waals surface area contributed by atoms with Crippen LogP contribution in [-0.2, 0) is 0 Å². The fraction of sp³-hybridized carbons (Fsp3) is 0.400. The summed E-state index contributed by atoms with van der Waals surface area (Å²) in [5.41, 5.74) is 0.596. The predicted octanol–water partition coefficient (Wildman–Crippen LogP) is 0.888. The van der Waals surface area contributed by atoms with E-state index in [9.17, 15) is 4.79 Å². The van der Waals surface area contributed by atoms with Crippen LogP contribution < -0.4 is 5.32 Å². The van der Waals surface area contributed by atoms with Crippen LogP contribution in [-0.4, -0.2) is 42.0 Å². The standard InChI is InChI=1S/C10H12BrN3O/c1-14-5-9(6-14)13-10(15)7-2-8(11)4-12-3-7/h2-4,9H,5-6H2,1H3,(H,13,15). The fourth-order valence-corrected chi connectivity index (χ4v) is 1.96. The van der Waals surface area contributed by atoms with Crippen molar-refractivity contribution in [1.29, 1.82) is 0 Å². The van der Waals surface area contributed by atoms with Gasteiger partial charge in [-0.05, 0) is 29.0 Å². The minimum atomic E-state index is -0.0538. The summed E-state index contributed by atoms with van der Waals surface area (Å²) in [5, 5.41) is 2.95. The van der Waals surface area contributed by atoms with Gasteiger partial charge >= 0.3 is 0 Å². The van der Waals surface area contributed by atoms with Crippen LogP contribution in [0.2, 0.25) is 0 Å². The van der Waals surface area contributed by atoms with Crippen molar-refractivity contribution in [2.45, 2.75) is 6.04 Å². The molecule has 0 aromatic carbocycles. The number of nitrogens with zero attached hydrogens (tertiary/aromatic N) is 2. The average molecular weight is 270 g/mol. The Labute approximate surface area is 96.8 Å². The van der Waals surface area contributed by atoms with Gasteiger partial charge in [0.05, 0.1) is 11.6 Å². The van der Waals surface area contributed by atoms with Gasteiger partial charge < -0.3 is 10.2 Å². The van der Waals surface area contributed by atoms with Crippen LogP contribution in [0.5, 0.6) is 0 Å². The first kappa shape index (κ1) is 10.6. The first-order valence-corrected chi connectivity index (χ1v) is 5.54. The third-order valence-electron chi connectivity index (χ3n) is 2.37. The number of carbonyl (C=O) groups excluding carboxylic acids is 1. The monoisotopic (exact) mass is 269 g/mol. The van der Waals surface area contributed by atoms with Crippen molar-refractivity contribution in [1.82, 2.24) is 15.2 Å². The molecule has 0 atom stereocenters. The van der Waals surface area contributed by atoms with Crippen LogP contribution in [0, 0.1) is 0 Å². The Morgan fingerprint density at radius 1 is 1.60 bits per heavy atom. The first-order valence-electron chi connectivity index (χ1n) is 4.75. The van der Waals surface area contributed by atoms with E-state index in [1.165, 1.54) is 0 Å². The fourth-order valence-electron chi connectivity index (χ4n) is 1.60. The minimum absolute atomic E-state index is 0.0538. The van der Waals surface area contributed by atoms with Gasteiger partial charge in [-0.1, -0.05) is 0 Å². The van der Waals surface area contributed by atoms with Gasteiger partial charge in [-0.2, -0.15) is 0 Å². The van der Waals surface area contributed by atoms with E-state index in [0.29, 0.717) is 5.56 Å². The molecule has 1 saturated heterocycles. The molecule has 1 amide bonds. The number of hydrogen-bond donors (Lipinski definition) is 1. The van der Waals surface area contributed by atoms with Gasteiger partial charge in [0.15, 0.2) is 0 Å². The molecule has 5 heteroatoms. The zero-order valence-electron chi connectivity index (χ0n) is 8.40. The maximum Gasteiger partial charge on any atom is 0.253 e. The van der Waals surface area contributed by atoms with Crippen molar-refractivity contribution in [2.24, 2.45) is 0 Å². The molecule has 0 unspecified atom stereocenters. The molecule has 1 aromatic heterocycles. The van der Waals surface area contributed by atoms with Gasteiger partial charge in [0.2, 0.25) is 0 Å². The Morgan fingerprint density at radius 2 is 2.33 bits per heavy atom. The van der Waals surface area contributed by atoms with E-state index in [1.54, 1.807) is 18.5 Å². The third kappa shape index (κ3) is 2.54. The highest BCUT2D eigenvalue weighted by Crippen LogP contribution is 2.10. The van der Waals surface area contributed by atoms with Crippen molar-refractivity contribution in [3.63, 3.8) is 0 Å². The molecular weight excluding hydrogens is 258 g/mol. The number of pyridine rings is 1. The highest BCUT2D eigenvalue weighted by molar-refractivity contribution is 9.10. The highest BCUT2D eigenvalue weighted by atomic mass is 79.9. The molecule has 80 valence electrons. The number of hydrogen-bond acceptors (Lipinski definition) is 3. The van der Waals surface area contributed by atoms with E-state index >= 15 is 0 Å². The summed E-state index contributed by atoms with van der Waals surface area (Å²) in [6, 6.07) is 2.05. The minimum Gasteiger partial charge on any atom is -0.347 e. The molecular formula is C10H12BrN3O. The molecule has 2 rings (SSSR count). The van der Waals surface area contributed by atoms with Gasteiger partial charge in [-0.15, -0.1) is 0 Å². The lowest BCUT2D eigenvalue weighted by Crippen LogP contribution is -2.57. The van der Waals surface area contributed by atoms with E-state index in [4.69, 9.17) is 0 Å². The smallest absolute Gasteiger partial charge is 0.253 e. The quantitative estimate of drug-likeness (QED) is 0.868. The summed E-state index contributed by atoms with van der Waals surface area (Å²) in [5.74, 6) is -0.0538. The number of likely N-dealkylation sites (tertiary alicyclic amines) is 1. The molecule has 4 nitrogen and oxygen atoms in total. The summed E-state index contributed by atoms with van der Waals surface area (Å²) in [7, 11) is 2.03. The number of amides is 1. The molecule has 2 heterocycles. The molecule has 0 saturated carbocycles. The van der Waals surface area contributed by atoms with Crippen molar-refractivity contribution in [3.8, 4) is 0 Å². The van der Waals surface area contributed by atoms with E-state index in [0.717, 1.165) is 17.6 Å². The van der Waals surface area contributed by atoms with Gasteiger partial charge in [0.25, 0.3) is 5.91 Å². The molecule has 0 radical (unpaired) electrons. The van der Waals surface area contributed by atoms with Gasteiger partial charge in [0, 0.05) is 30.0 Å². The molecule has 1 aliphatic heterocycles. The Hall–Kier alpha value is -0.940. The van der Waals surface area contributed by atoms with Crippen molar-refractivity contribution in [3.05, 3.63) is 28.5 Å². The third-order valence-corrected chi connectivity index (χ3v) is 2.80. The van der Waals surface area contributed by atoms with Crippen molar-refractivity contribution >= 4 is 21.8 Å². The summed E-state index contributed by atoms with van der Waals surface area (Å²) >= 11 is 3.29. The first-order chi connectivity index (χ1) is 7.15. The number of aromatic nitrogens is 1. The lowest BCUT2D eigenvalue weighted by Gasteiger charge is -2.36. The number of carbonyl (C=O) groups is 1. The van der Waals surface area contributed by atoms with Crippen molar-refractivity contribution < 1.29 is 4.79 Å². The van der Waals surface area contributed by atoms with E-state index in [2.05, 4.69) is 31.1 Å². The van der Waals surface area contributed by atoms with Gasteiger partial charge in [-0.25, -0.2) is 0 Å². The number of nitrogens with one attached hydrogen (secondary N) is 1. The molecule has 1 aromatic rings. The van der Waals surface area contributed by atoms with Gasteiger partial charge in [-0.3, -0.25) is 9.78 Å². The molecule has 0 bridgehead atoms. The SMILES string of the molecule is CN1CC(NC(=O)c2cncc(Br)c2)C1. The number of rotatable bonds is 2. The van der Waals surface area contributed by atoms with E-state index in [-0.39, 0.29) is 11.9 Å². The molecule has 1 aliphatic rings. The second kappa shape index (κ2) is 4.28. The van der Waals surface area contributed by atoms with Gasteiger partial charge in [0.1, 0.15) is 0 Å². The van der Waals surface area contributed by atoms with Crippen molar-refractivity contribution in [2.75, 3.05) is 20.1 Å². The summed E-state index contributed by atoms with van der Waals surface area (Å²) in [6.07, 6.45) is 3.23. The Kier molecular flexibility index (Phi) is 3.02. The average Bonchev–Trinajstić information content (AvgIpc) is 2.15. The zero-order valence-corrected chi connectivity index (χ0v) is 9.99. The largest absolute Gasteiger partial charge is 0.347 e. The van der Waals surface area contributed by atoms with E-state index in [1.807, 2.05) is 7.05 Å². The van der Waals surface area contributed by atoms with Crippen LogP contribution in [0.25, 0.3) is 0 Å². The molecule has 0 spiro atoms. The maximum atomic E-state index is 11.7. The zero-order chi connectivity index (χ0) is 10.8. The predicted molar refractivity (Wildman–Crippen MR) is 60.7 cm³/mol. The normalized spacial score (nSPS) is 17.2. The van der Waals surface area contributed by atoms with Crippen LogP contribution in [0.15, 0.2) is 22.9 Å². The maximum absolute atomic E-state index is 11.7. The van der Waals surface area contributed by atoms with Crippen LogP contribution in [0.4, 0.5) is 0 Å². The summed E-state index contributed by atoms with van der Waals surface area (Å²) in [4.78, 5) is 17.8.